The number of ether oxygens (including phenoxy) is 2. The van der Waals surface area contributed by atoms with E-state index in [1.807, 2.05) is 20.8 Å². The third kappa shape index (κ3) is 5.67. The van der Waals surface area contributed by atoms with Gasteiger partial charge in [0.2, 0.25) is 0 Å². The highest BCUT2D eigenvalue weighted by atomic mass is 16.6. The highest BCUT2D eigenvalue weighted by molar-refractivity contribution is 5.96. The molecule has 0 unspecified atom stereocenters. The molecule has 45 heavy (non-hydrogen) atoms. The Balaban J connectivity index is 1.60. The molecular weight excluding hydrogens is 572 g/mol. The van der Waals surface area contributed by atoms with Crippen molar-refractivity contribution in [3.63, 3.8) is 0 Å². The zero-order chi connectivity index (χ0) is 33.4. The number of unbranched alkanes of at least 4 members (excludes halogenated alkanes) is 8. The monoisotopic (exact) mass is 628 g/mol. The summed E-state index contributed by atoms with van der Waals surface area (Å²) in [4.78, 5) is 41.1. The fourth-order valence-corrected chi connectivity index (χ4v) is 9.05. The number of aliphatic hydroxyl groups is 3. The Hall–Kier alpha value is -2.29. The zero-order valence-corrected chi connectivity index (χ0v) is 28.5. The molecule has 2 fully saturated rings. The van der Waals surface area contributed by atoms with Crippen LogP contribution in [0.1, 0.15) is 119 Å². The molecule has 8 heteroatoms. The smallest absolute Gasteiger partial charge is 0.334 e. The summed E-state index contributed by atoms with van der Waals surface area (Å²) in [6.45, 7) is 12.4. The molecule has 1 spiro atoms. The molecule has 0 radical (unpaired) electrons. The zero-order valence-electron chi connectivity index (χ0n) is 28.5. The van der Waals surface area contributed by atoms with Crippen molar-refractivity contribution in [3.8, 4) is 0 Å². The van der Waals surface area contributed by atoms with E-state index in [4.69, 9.17) is 9.47 Å². The van der Waals surface area contributed by atoms with Crippen molar-refractivity contribution in [2.24, 2.45) is 28.6 Å². The minimum absolute atomic E-state index is 0.0938. The fraction of sp³-hybridized carbons (Fsp3) is 0.757. The van der Waals surface area contributed by atoms with Crippen molar-refractivity contribution in [1.29, 1.82) is 0 Å². The number of rotatable bonds is 14. The van der Waals surface area contributed by atoms with Crippen molar-refractivity contribution < 1.29 is 39.2 Å². The van der Waals surface area contributed by atoms with Crippen LogP contribution in [0.25, 0.3) is 0 Å². The van der Waals surface area contributed by atoms with Crippen molar-refractivity contribution in [2.75, 3.05) is 6.61 Å². The Morgan fingerprint density at radius 1 is 1.07 bits per heavy atom. The molecule has 4 aliphatic carbocycles. The molecular formula is C37H56O8. The van der Waals surface area contributed by atoms with Crippen LogP contribution >= 0.6 is 0 Å². The van der Waals surface area contributed by atoms with E-state index in [1.54, 1.807) is 39.0 Å². The molecule has 8 nitrogen and oxygen atoms in total. The highest BCUT2D eigenvalue weighted by Gasteiger charge is 2.83. The second-order valence-corrected chi connectivity index (χ2v) is 14.8. The first kappa shape index (κ1) is 35.6. The van der Waals surface area contributed by atoms with Crippen molar-refractivity contribution in [3.05, 3.63) is 34.9 Å². The number of allylic oxidation sites excluding steroid dienone is 2. The number of Topliss-reactive ketones (excluding diaryl/α,β-unsaturated/α-hetero) is 1. The van der Waals surface area contributed by atoms with Gasteiger partial charge in [-0.3, -0.25) is 9.59 Å². The normalized spacial score (nSPS) is 36.6. The predicted molar refractivity (Wildman–Crippen MR) is 172 cm³/mol. The third-order valence-corrected chi connectivity index (χ3v) is 11.8. The van der Waals surface area contributed by atoms with Crippen LogP contribution in [0, 0.1) is 28.6 Å². The summed E-state index contributed by atoms with van der Waals surface area (Å²) in [5, 5.41) is 34.8. The van der Waals surface area contributed by atoms with Crippen LogP contribution in [-0.2, 0) is 23.9 Å². The van der Waals surface area contributed by atoms with E-state index in [-0.39, 0.29) is 17.3 Å². The number of fused-ring (bicyclic) bond motifs is 3. The van der Waals surface area contributed by atoms with Gasteiger partial charge in [-0.25, -0.2) is 4.79 Å². The molecule has 0 aliphatic heterocycles. The summed E-state index contributed by atoms with van der Waals surface area (Å²) in [5.74, 6) is -3.08. The van der Waals surface area contributed by atoms with Gasteiger partial charge in [-0.15, -0.1) is 0 Å². The standard InChI is InChI=1S/C37H56O8/c1-8-10-11-12-13-14-15-16-17-18-28(39)45-36-21-25(5)35-20-24(4)32(44-33(42)23(3)9-2)37(35,43)30(40)26(22-38)19-27(31(35)41)29(36)34(36,6)7/h9,19-20,25,27,29-30,32,38,40,43H,8,10-18,21-22H2,1-7H3/b23-9+/t25-,27+,29-,30-,32+,35+,36+,37+/m1/s1. The molecule has 3 N–H and O–H groups in total. The van der Waals surface area contributed by atoms with Gasteiger partial charge >= 0.3 is 11.9 Å². The molecule has 0 heterocycles. The summed E-state index contributed by atoms with van der Waals surface area (Å²) in [6, 6.07) is 0. The quantitative estimate of drug-likeness (QED) is 0.0936. The van der Waals surface area contributed by atoms with Crippen molar-refractivity contribution in [1.82, 2.24) is 0 Å². The summed E-state index contributed by atoms with van der Waals surface area (Å²) in [7, 11) is 0. The summed E-state index contributed by atoms with van der Waals surface area (Å²) in [5.41, 5.74) is -4.52. The van der Waals surface area contributed by atoms with E-state index in [2.05, 4.69) is 6.92 Å². The molecule has 4 rings (SSSR count). The number of hydrogen-bond acceptors (Lipinski definition) is 8. The minimum Gasteiger partial charge on any atom is -0.458 e. The van der Waals surface area contributed by atoms with Crippen LogP contribution in [0.15, 0.2) is 34.9 Å². The number of carbonyl (C=O) groups is 3. The van der Waals surface area contributed by atoms with Gasteiger partial charge in [0, 0.05) is 29.2 Å². The second-order valence-electron chi connectivity index (χ2n) is 14.8. The lowest BCUT2D eigenvalue weighted by molar-refractivity contribution is -0.203. The maximum atomic E-state index is 14.8. The van der Waals surface area contributed by atoms with E-state index in [1.165, 1.54) is 38.5 Å². The maximum Gasteiger partial charge on any atom is 0.334 e. The van der Waals surface area contributed by atoms with Crippen LogP contribution in [0.2, 0.25) is 0 Å². The second kappa shape index (κ2) is 13.4. The predicted octanol–water partition coefficient (Wildman–Crippen LogP) is 5.92. The largest absolute Gasteiger partial charge is 0.458 e. The third-order valence-electron chi connectivity index (χ3n) is 11.8. The van der Waals surface area contributed by atoms with Gasteiger partial charge in [-0.05, 0) is 50.7 Å². The molecule has 2 saturated carbocycles. The summed E-state index contributed by atoms with van der Waals surface area (Å²) in [6.07, 6.45) is 12.7. The number of aliphatic hydroxyl groups excluding tert-OH is 2. The highest BCUT2D eigenvalue weighted by Crippen LogP contribution is 2.75. The van der Waals surface area contributed by atoms with Gasteiger partial charge in [0.15, 0.2) is 17.5 Å². The molecule has 0 aromatic rings. The van der Waals surface area contributed by atoms with Crippen LogP contribution in [0.4, 0.5) is 0 Å². The van der Waals surface area contributed by atoms with E-state index in [0.29, 0.717) is 24.0 Å². The topological polar surface area (TPSA) is 130 Å². The first-order valence-electron chi connectivity index (χ1n) is 17.2. The van der Waals surface area contributed by atoms with E-state index < -0.39 is 64.6 Å². The van der Waals surface area contributed by atoms with Gasteiger partial charge in [0.25, 0.3) is 0 Å². The Kier molecular flexibility index (Phi) is 10.6. The first-order chi connectivity index (χ1) is 21.2. The van der Waals surface area contributed by atoms with Crippen molar-refractivity contribution in [2.45, 2.75) is 143 Å². The van der Waals surface area contributed by atoms with Gasteiger partial charge in [-0.2, -0.15) is 0 Å². The van der Waals surface area contributed by atoms with Crippen LogP contribution < -0.4 is 0 Å². The molecule has 2 bridgehead atoms. The minimum atomic E-state index is -2.26. The number of ketones is 1. The lowest BCUT2D eigenvalue weighted by Crippen LogP contribution is -2.66. The molecule has 4 aliphatic rings. The molecule has 0 aromatic heterocycles. The van der Waals surface area contributed by atoms with Crippen molar-refractivity contribution >= 4 is 17.7 Å². The maximum absolute atomic E-state index is 14.8. The average molecular weight is 629 g/mol. The molecule has 0 amide bonds. The number of hydrogen-bond donors (Lipinski definition) is 3. The Bertz CT molecular complexity index is 1240. The fourth-order valence-electron chi connectivity index (χ4n) is 9.05. The summed E-state index contributed by atoms with van der Waals surface area (Å²) < 4.78 is 12.2. The van der Waals surface area contributed by atoms with Gasteiger partial charge < -0.3 is 24.8 Å². The lowest BCUT2D eigenvalue weighted by Gasteiger charge is -2.49. The number of carbonyl (C=O) groups excluding carboxylic acids is 3. The Morgan fingerprint density at radius 2 is 1.67 bits per heavy atom. The number of esters is 2. The van der Waals surface area contributed by atoms with Crippen LogP contribution in [0.3, 0.4) is 0 Å². The van der Waals surface area contributed by atoms with Gasteiger partial charge in [0.1, 0.15) is 11.7 Å². The molecule has 0 saturated heterocycles. The lowest BCUT2D eigenvalue weighted by atomic mass is 9.59. The van der Waals surface area contributed by atoms with E-state index >= 15 is 0 Å². The van der Waals surface area contributed by atoms with Gasteiger partial charge in [-0.1, -0.05) is 97.3 Å². The van der Waals surface area contributed by atoms with E-state index in [9.17, 15) is 29.7 Å². The molecule has 252 valence electrons. The van der Waals surface area contributed by atoms with Crippen LogP contribution in [0.5, 0.6) is 0 Å². The Morgan fingerprint density at radius 3 is 2.24 bits per heavy atom. The Labute approximate surface area is 269 Å². The molecule has 8 atom stereocenters. The SMILES string of the molecule is C/C=C(\C)C(=O)O[C@H]1C(C)=C[C@]23C(=O)[C@@H](C=C(CO)[C@@H](O)[C@]12O)[C@@H]1C(C)(C)[C@]1(OC(=O)CCCCCCCCCCC)C[C@H]3C. The van der Waals surface area contributed by atoms with E-state index in [0.717, 1.165) is 19.3 Å². The average Bonchev–Trinajstić information content (AvgIpc) is 3.40. The summed E-state index contributed by atoms with van der Waals surface area (Å²) >= 11 is 0. The van der Waals surface area contributed by atoms with Crippen LogP contribution in [-0.4, -0.2) is 63.1 Å². The molecule has 0 aromatic carbocycles. The van der Waals surface area contributed by atoms with Gasteiger partial charge in [0.05, 0.1) is 12.0 Å². The first-order valence-corrected chi connectivity index (χ1v) is 17.2.